The summed E-state index contributed by atoms with van der Waals surface area (Å²) < 4.78 is 6.96. The second-order valence-corrected chi connectivity index (χ2v) is 7.12. The van der Waals surface area contributed by atoms with Gasteiger partial charge in [0, 0.05) is 18.5 Å². The van der Waals surface area contributed by atoms with Crippen LogP contribution >= 0.6 is 0 Å². The van der Waals surface area contributed by atoms with Gasteiger partial charge >= 0.3 is 0 Å². The van der Waals surface area contributed by atoms with Gasteiger partial charge in [0.05, 0.1) is 12.2 Å². The number of rotatable bonds is 8. The Balaban J connectivity index is 1.23. The van der Waals surface area contributed by atoms with E-state index in [-0.39, 0.29) is 18.1 Å². The van der Waals surface area contributed by atoms with E-state index < -0.39 is 0 Å². The van der Waals surface area contributed by atoms with Gasteiger partial charge in [-0.25, -0.2) is 4.68 Å². The quantitative estimate of drug-likeness (QED) is 0.643. The molecule has 148 valence electrons. The maximum Gasteiger partial charge on any atom is 0.266 e. The first-order chi connectivity index (χ1) is 14.2. The maximum atomic E-state index is 12.0. The van der Waals surface area contributed by atoms with E-state index in [2.05, 4.69) is 10.4 Å². The molecule has 1 heterocycles. The van der Waals surface area contributed by atoms with Crippen molar-refractivity contribution in [3.8, 4) is 16.9 Å². The van der Waals surface area contributed by atoms with Crippen LogP contribution in [0.5, 0.6) is 5.75 Å². The topological polar surface area (TPSA) is 73.2 Å². The number of hydrogen-bond donors (Lipinski definition) is 1. The van der Waals surface area contributed by atoms with Crippen molar-refractivity contribution in [2.75, 3.05) is 13.2 Å². The van der Waals surface area contributed by atoms with Crippen molar-refractivity contribution in [2.45, 2.75) is 25.3 Å². The Kier molecular flexibility index (Phi) is 5.70. The number of carbonyl (C=O) groups is 1. The molecule has 1 aliphatic carbocycles. The molecular formula is C23H23N3O3. The minimum Gasteiger partial charge on any atom is -0.484 e. The molecule has 1 aromatic heterocycles. The molecule has 6 heteroatoms. The Labute approximate surface area is 169 Å². The maximum absolute atomic E-state index is 12.0. The number of ether oxygens (including phenoxy) is 1. The monoisotopic (exact) mass is 389 g/mol. The van der Waals surface area contributed by atoms with Gasteiger partial charge in [-0.1, -0.05) is 42.5 Å². The number of aromatic nitrogens is 2. The highest BCUT2D eigenvalue weighted by atomic mass is 16.5. The molecule has 0 atom stereocenters. The highest BCUT2D eigenvalue weighted by Crippen LogP contribution is 2.38. The van der Waals surface area contributed by atoms with E-state index in [4.69, 9.17) is 4.74 Å². The first-order valence-corrected chi connectivity index (χ1v) is 9.82. The third kappa shape index (κ3) is 5.10. The van der Waals surface area contributed by atoms with Crippen molar-refractivity contribution in [2.24, 2.45) is 0 Å². The molecule has 6 nitrogen and oxygen atoms in total. The largest absolute Gasteiger partial charge is 0.484 e. The average Bonchev–Trinajstić information content (AvgIpc) is 3.60. The number of carbonyl (C=O) groups excluding carboxylic acids is 1. The summed E-state index contributed by atoms with van der Waals surface area (Å²) in [5.74, 6) is 0.886. The Hall–Kier alpha value is -3.41. The zero-order valence-electron chi connectivity index (χ0n) is 16.1. The standard InChI is InChI=1S/C23H23N3O3/c27-22(24-14-15-26-23(28)13-12-21(25-26)19-6-7-19)16-29-20-10-8-18(9-11-20)17-4-2-1-3-5-17/h1-5,8-13,19H,6-7,14-16H2,(H,24,27). The molecule has 1 fully saturated rings. The van der Waals surface area contributed by atoms with Crippen LogP contribution in [0.25, 0.3) is 11.1 Å². The molecule has 0 saturated heterocycles. The molecule has 4 rings (SSSR count). The van der Waals surface area contributed by atoms with Crippen LogP contribution in [-0.2, 0) is 11.3 Å². The lowest BCUT2D eigenvalue weighted by Gasteiger charge is -2.09. The van der Waals surface area contributed by atoms with Crippen LogP contribution in [0.1, 0.15) is 24.5 Å². The minimum absolute atomic E-state index is 0.0743. The fourth-order valence-electron chi connectivity index (χ4n) is 3.10. The second-order valence-electron chi connectivity index (χ2n) is 7.12. The molecule has 1 saturated carbocycles. The van der Waals surface area contributed by atoms with Crippen molar-refractivity contribution in [1.82, 2.24) is 15.1 Å². The SMILES string of the molecule is O=C(COc1ccc(-c2ccccc2)cc1)NCCn1nc(C2CC2)ccc1=O. The number of nitrogens with zero attached hydrogens (tertiary/aromatic N) is 2. The van der Waals surface area contributed by atoms with E-state index in [1.807, 2.05) is 54.6 Å². The van der Waals surface area contributed by atoms with Gasteiger partial charge in [0.25, 0.3) is 11.5 Å². The Morgan fingerprint density at radius 2 is 1.72 bits per heavy atom. The van der Waals surface area contributed by atoms with Gasteiger partial charge in [-0.2, -0.15) is 5.10 Å². The summed E-state index contributed by atoms with van der Waals surface area (Å²) in [5.41, 5.74) is 3.02. The van der Waals surface area contributed by atoms with Crippen molar-refractivity contribution < 1.29 is 9.53 Å². The second kappa shape index (κ2) is 8.73. The molecule has 1 aliphatic rings. The van der Waals surface area contributed by atoms with E-state index >= 15 is 0 Å². The summed E-state index contributed by atoms with van der Waals surface area (Å²) in [6, 6.07) is 21.0. The smallest absolute Gasteiger partial charge is 0.266 e. The first kappa shape index (κ1) is 18.9. The summed E-state index contributed by atoms with van der Waals surface area (Å²) in [4.78, 5) is 23.9. The predicted molar refractivity (Wildman–Crippen MR) is 111 cm³/mol. The number of amides is 1. The molecule has 3 aromatic rings. The van der Waals surface area contributed by atoms with E-state index in [0.29, 0.717) is 24.8 Å². The predicted octanol–water partition coefficient (Wildman–Crippen LogP) is 2.98. The van der Waals surface area contributed by atoms with E-state index in [0.717, 1.165) is 29.7 Å². The zero-order valence-corrected chi connectivity index (χ0v) is 16.1. The minimum atomic E-state index is -0.233. The van der Waals surface area contributed by atoms with Gasteiger partial charge in [-0.3, -0.25) is 9.59 Å². The molecule has 0 aliphatic heterocycles. The van der Waals surface area contributed by atoms with Crippen LogP contribution in [0.4, 0.5) is 0 Å². The zero-order chi connectivity index (χ0) is 20.1. The summed E-state index contributed by atoms with van der Waals surface area (Å²) in [6.45, 7) is 0.599. The normalized spacial score (nSPS) is 13.1. The van der Waals surface area contributed by atoms with Crippen LogP contribution in [0, 0.1) is 0 Å². The highest BCUT2D eigenvalue weighted by Gasteiger charge is 2.25. The Morgan fingerprint density at radius 1 is 1.00 bits per heavy atom. The van der Waals surface area contributed by atoms with Crippen LogP contribution in [0.3, 0.4) is 0 Å². The fraction of sp³-hybridized carbons (Fsp3) is 0.261. The van der Waals surface area contributed by atoms with Gasteiger partial charge in [0.2, 0.25) is 0 Å². The van der Waals surface area contributed by atoms with Crippen LogP contribution in [-0.4, -0.2) is 28.8 Å². The molecule has 0 spiro atoms. The average molecular weight is 389 g/mol. The number of nitrogens with one attached hydrogen (secondary N) is 1. The highest BCUT2D eigenvalue weighted by molar-refractivity contribution is 5.77. The summed E-state index contributed by atoms with van der Waals surface area (Å²) in [6.07, 6.45) is 2.26. The molecule has 1 N–H and O–H groups in total. The van der Waals surface area contributed by atoms with E-state index in [9.17, 15) is 9.59 Å². The fourth-order valence-corrected chi connectivity index (χ4v) is 3.10. The molecular weight excluding hydrogens is 366 g/mol. The van der Waals surface area contributed by atoms with Gasteiger partial charge in [0.15, 0.2) is 6.61 Å². The third-order valence-corrected chi connectivity index (χ3v) is 4.86. The molecule has 0 radical (unpaired) electrons. The first-order valence-electron chi connectivity index (χ1n) is 9.82. The molecule has 29 heavy (non-hydrogen) atoms. The summed E-state index contributed by atoms with van der Waals surface area (Å²) in [5, 5.41) is 7.15. The molecule has 0 unspecified atom stereocenters. The van der Waals surface area contributed by atoms with E-state index in [1.165, 1.54) is 4.68 Å². The van der Waals surface area contributed by atoms with Gasteiger partial charge in [-0.05, 0) is 42.2 Å². The van der Waals surface area contributed by atoms with Crippen molar-refractivity contribution >= 4 is 5.91 Å². The van der Waals surface area contributed by atoms with Crippen LogP contribution in [0.15, 0.2) is 71.5 Å². The Bertz CT molecular complexity index is 1030. The lowest BCUT2D eigenvalue weighted by Crippen LogP contribution is -2.34. The van der Waals surface area contributed by atoms with Crippen molar-refractivity contribution in [1.29, 1.82) is 0 Å². The van der Waals surface area contributed by atoms with Crippen molar-refractivity contribution in [3.05, 3.63) is 82.8 Å². The third-order valence-electron chi connectivity index (χ3n) is 4.86. The van der Waals surface area contributed by atoms with Gasteiger partial charge < -0.3 is 10.1 Å². The summed E-state index contributed by atoms with van der Waals surface area (Å²) >= 11 is 0. The van der Waals surface area contributed by atoms with Crippen LogP contribution in [0.2, 0.25) is 0 Å². The van der Waals surface area contributed by atoms with Crippen molar-refractivity contribution in [3.63, 3.8) is 0 Å². The number of hydrogen-bond acceptors (Lipinski definition) is 4. The van der Waals surface area contributed by atoms with Gasteiger partial charge in [-0.15, -0.1) is 0 Å². The van der Waals surface area contributed by atoms with Crippen LogP contribution < -0.4 is 15.6 Å². The summed E-state index contributed by atoms with van der Waals surface area (Å²) in [7, 11) is 0. The van der Waals surface area contributed by atoms with E-state index in [1.54, 1.807) is 12.1 Å². The lowest BCUT2D eigenvalue weighted by atomic mass is 10.1. The molecule has 0 bridgehead atoms. The van der Waals surface area contributed by atoms with Gasteiger partial charge in [0.1, 0.15) is 5.75 Å². The molecule has 1 amide bonds. The molecule has 2 aromatic carbocycles. The number of benzene rings is 2. The lowest BCUT2D eigenvalue weighted by molar-refractivity contribution is -0.123. The Morgan fingerprint density at radius 3 is 2.45 bits per heavy atom.